The number of rotatable bonds is 7. The second-order valence-corrected chi connectivity index (χ2v) is 11.0. The van der Waals surface area contributed by atoms with E-state index in [1.54, 1.807) is 0 Å². The van der Waals surface area contributed by atoms with Crippen LogP contribution < -0.4 is 0 Å². The van der Waals surface area contributed by atoms with Crippen molar-refractivity contribution in [3.8, 4) is 0 Å². The Balaban J connectivity index is 0.000000209. The third-order valence-electron chi connectivity index (χ3n) is 8.35. The van der Waals surface area contributed by atoms with Gasteiger partial charge in [-0.05, 0) is 60.8 Å². The lowest BCUT2D eigenvalue weighted by Crippen LogP contribution is -2.31. The van der Waals surface area contributed by atoms with Crippen LogP contribution in [0.1, 0.15) is 105 Å². The topological polar surface area (TPSA) is 20.3 Å². The molecule has 37 heavy (non-hydrogen) atoms. The lowest BCUT2D eigenvalue weighted by molar-refractivity contribution is 0.0676. The largest absolute Gasteiger partial charge is 0.321 e. The van der Waals surface area contributed by atoms with E-state index in [1.807, 2.05) is 59.5 Å². The molecule has 5 rings (SSSR count). The maximum Gasteiger partial charge on any atom is 0.255 e. The summed E-state index contributed by atoms with van der Waals surface area (Å²) in [6, 6.07) is 28.4. The zero-order valence-corrected chi connectivity index (χ0v) is 22.9. The van der Waals surface area contributed by atoms with Gasteiger partial charge >= 0.3 is 0 Å². The summed E-state index contributed by atoms with van der Waals surface area (Å²) in [5.74, 6) is 2.11. The van der Waals surface area contributed by atoms with Crippen molar-refractivity contribution < 1.29 is 4.79 Å². The highest BCUT2D eigenvalue weighted by Crippen LogP contribution is 2.43. The second-order valence-electron chi connectivity index (χ2n) is 11.0. The highest BCUT2D eigenvalue weighted by atomic mass is 16.2. The van der Waals surface area contributed by atoms with Gasteiger partial charge in [0.1, 0.15) is 0 Å². The fourth-order valence-corrected chi connectivity index (χ4v) is 5.81. The molecule has 0 bridgehead atoms. The summed E-state index contributed by atoms with van der Waals surface area (Å²) < 4.78 is 0. The SMILES string of the molecule is C=C(CC)CCC1CCC(C)CC1.C[C@@H](c1ccccc1)N1C(=O)c2ccccc2[C@H]1c1ccccc1. The van der Waals surface area contributed by atoms with Crippen molar-refractivity contribution in [1.82, 2.24) is 4.90 Å². The van der Waals surface area contributed by atoms with Crippen LogP contribution in [0.15, 0.2) is 97.1 Å². The molecule has 1 aliphatic carbocycles. The van der Waals surface area contributed by atoms with Gasteiger partial charge in [-0.2, -0.15) is 0 Å². The maximum absolute atomic E-state index is 13.1. The molecule has 1 saturated carbocycles. The van der Waals surface area contributed by atoms with Crippen molar-refractivity contribution in [2.45, 2.75) is 77.8 Å². The number of benzene rings is 3. The first-order valence-electron chi connectivity index (χ1n) is 14.2. The van der Waals surface area contributed by atoms with E-state index >= 15 is 0 Å². The molecule has 0 spiro atoms. The van der Waals surface area contributed by atoms with Gasteiger partial charge in [0, 0.05) is 5.56 Å². The van der Waals surface area contributed by atoms with E-state index in [2.05, 4.69) is 57.7 Å². The van der Waals surface area contributed by atoms with E-state index in [0.29, 0.717) is 0 Å². The summed E-state index contributed by atoms with van der Waals surface area (Å²) in [4.78, 5) is 15.1. The Bertz CT molecular complexity index is 1140. The van der Waals surface area contributed by atoms with Crippen LogP contribution in [-0.2, 0) is 0 Å². The maximum atomic E-state index is 13.1. The third-order valence-corrected chi connectivity index (χ3v) is 8.35. The molecule has 194 valence electrons. The van der Waals surface area contributed by atoms with E-state index in [-0.39, 0.29) is 18.0 Å². The molecule has 3 aromatic rings. The Labute approximate surface area is 224 Å². The summed E-state index contributed by atoms with van der Waals surface area (Å²) in [5, 5.41) is 0. The summed E-state index contributed by atoms with van der Waals surface area (Å²) >= 11 is 0. The predicted octanol–water partition coefficient (Wildman–Crippen LogP) is 9.55. The number of hydrogen-bond acceptors (Lipinski definition) is 1. The molecule has 0 saturated heterocycles. The van der Waals surface area contributed by atoms with Gasteiger partial charge in [-0.3, -0.25) is 4.79 Å². The molecule has 0 unspecified atom stereocenters. The van der Waals surface area contributed by atoms with Gasteiger partial charge in [-0.15, -0.1) is 0 Å². The van der Waals surface area contributed by atoms with Gasteiger partial charge in [-0.1, -0.05) is 131 Å². The number of amides is 1. The van der Waals surface area contributed by atoms with Gasteiger partial charge < -0.3 is 4.90 Å². The molecule has 2 aliphatic rings. The minimum absolute atomic E-state index is 0.0105. The van der Waals surface area contributed by atoms with E-state index in [4.69, 9.17) is 0 Å². The Kier molecular flexibility index (Phi) is 9.39. The fourth-order valence-electron chi connectivity index (χ4n) is 5.81. The van der Waals surface area contributed by atoms with Crippen LogP contribution in [-0.4, -0.2) is 10.8 Å². The fraction of sp³-hybridized carbons (Fsp3) is 0.400. The van der Waals surface area contributed by atoms with E-state index < -0.39 is 0 Å². The van der Waals surface area contributed by atoms with Crippen molar-refractivity contribution in [3.05, 3.63) is 119 Å². The van der Waals surface area contributed by atoms with Gasteiger partial charge in [-0.25, -0.2) is 0 Å². The van der Waals surface area contributed by atoms with E-state index in [9.17, 15) is 4.79 Å². The number of carbonyl (C=O) groups is 1. The number of allylic oxidation sites excluding steroid dienone is 1. The minimum Gasteiger partial charge on any atom is -0.321 e. The predicted molar refractivity (Wildman–Crippen MR) is 156 cm³/mol. The highest BCUT2D eigenvalue weighted by Gasteiger charge is 2.40. The van der Waals surface area contributed by atoms with Crippen LogP contribution in [0.25, 0.3) is 0 Å². The molecular weight excluding hydrogens is 450 g/mol. The van der Waals surface area contributed by atoms with Crippen LogP contribution in [0.3, 0.4) is 0 Å². The minimum atomic E-state index is -0.0369. The third kappa shape index (κ3) is 6.60. The smallest absolute Gasteiger partial charge is 0.255 e. The van der Waals surface area contributed by atoms with Gasteiger partial charge in [0.25, 0.3) is 5.91 Å². The molecule has 1 heterocycles. The molecule has 1 fully saturated rings. The normalized spacial score (nSPS) is 21.5. The van der Waals surface area contributed by atoms with Crippen LogP contribution in [0.5, 0.6) is 0 Å². The molecule has 0 radical (unpaired) electrons. The number of fused-ring (bicyclic) bond motifs is 1. The molecule has 2 atom stereocenters. The molecule has 0 aromatic heterocycles. The van der Waals surface area contributed by atoms with Crippen LogP contribution >= 0.6 is 0 Å². The lowest BCUT2D eigenvalue weighted by Gasteiger charge is -2.32. The van der Waals surface area contributed by atoms with E-state index in [0.717, 1.165) is 34.1 Å². The monoisotopic (exact) mass is 493 g/mol. The van der Waals surface area contributed by atoms with Crippen molar-refractivity contribution in [3.63, 3.8) is 0 Å². The van der Waals surface area contributed by atoms with Crippen molar-refractivity contribution in [2.24, 2.45) is 11.8 Å². The van der Waals surface area contributed by atoms with Crippen LogP contribution in [0.4, 0.5) is 0 Å². The number of carbonyl (C=O) groups excluding carboxylic acids is 1. The molecule has 0 N–H and O–H groups in total. The standard InChI is InChI=1S/C22H19NO.C13H24/c1-16(17-10-4-2-5-11-17)23-21(18-12-6-3-7-13-18)19-14-8-9-15-20(19)22(23)24;1-4-11(2)5-8-13-9-6-12(3)7-10-13/h2-16,21H,1H3;12-13H,2,4-10H2,1,3H3/t16-,21+;/m0./s1. The lowest BCUT2D eigenvalue weighted by atomic mass is 9.80. The first-order valence-corrected chi connectivity index (χ1v) is 14.2. The second kappa shape index (κ2) is 12.9. The Morgan fingerprint density at radius 1 is 0.892 bits per heavy atom. The first kappa shape index (κ1) is 26.9. The first-order chi connectivity index (χ1) is 18.0. The van der Waals surface area contributed by atoms with Crippen molar-refractivity contribution in [1.29, 1.82) is 0 Å². The van der Waals surface area contributed by atoms with Crippen molar-refractivity contribution >= 4 is 5.91 Å². The molecule has 1 amide bonds. The Morgan fingerprint density at radius 3 is 2.14 bits per heavy atom. The number of nitrogens with zero attached hydrogens (tertiary/aromatic N) is 1. The van der Waals surface area contributed by atoms with E-state index in [1.165, 1.54) is 50.5 Å². The summed E-state index contributed by atoms with van der Waals surface area (Å²) in [6.07, 6.45) is 9.71. The zero-order valence-electron chi connectivity index (χ0n) is 22.9. The van der Waals surface area contributed by atoms with Gasteiger partial charge in [0.15, 0.2) is 0 Å². The molecule has 2 heteroatoms. The number of hydrogen-bond donors (Lipinski definition) is 0. The molecule has 1 aliphatic heterocycles. The molecular formula is C35H43NO. The van der Waals surface area contributed by atoms with Crippen LogP contribution in [0, 0.1) is 11.8 Å². The van der Waals surface area contributed by atoms with Gasteiger partial charge in [0.05, 0.1) is 12.1 Å². The summed E-state index contributed by atoms with van der Waals surface area (Å²) in [6.45, 7) is 10.8. The van der Waals surface area contributed by atoms with Gasteiger partial charge in [0.2, 0.25) is 0 Å². The summed E-state index contributed by atoms with van der Waals surface area (Å²) in [7, 11) is 0. The zero-order chi connectivity index (χ0) is 26.2. The quantitative estimate of drug-likeness (QED) is 0.300. The average molecular weight is 494 g/mol. The molecule has 3 aromatic carbocycles. The Morgan fingerprint density at radius 2 is 1.49 bits per heavy atom. The molecule has 2 nitrogen and oxygen atoms in total. The summed E-state index contributed by atoms with van der Waals surface area (Å²) in [5.41, 5.74) is 5.66. The van der Waals surface area contributed by atoms with Crippen molar-refractivity contribution in [2.75, 3.05) is 0 Å². The van der Waals surface area contributed by atoms with Crippen LogP contribution in [0.2, 0.25) is 0 Å². The average Bonchev–Trinajstić information content (AvgIpc) is 3.25. The highest BCUT2D eigenvalue weighted by molar-refractivity contribution is 6.00. The Hall–Kier alpha value is -3.13.